The monoisotopic (exact) mass is 154 g/mol. The van der Waals surface area contributed by atoms with Gasteiger partial charge in [0.1, 0.15) is 0 Å². The highest BCUT2D eigenvalue weighted by molar-refractivity contribution is 5.82. The van der Waals surface area contributed by atoms with Gasteiger partial charge in [-0.2, -0.15) is 0 Å². The van der Waals surface area contributed by atoms with Gasteiger partial charge in [-0.3, -0.25) is 0 Å². The van der Waals surface area contributed by atoms with E-state index in [1.54, 1.807) is 19.1 Å². The topological polar surface area (TPSA) is 26.3 Å². The van der Waals surface area contributed by atoms with Crippen molar-refractivity contribution in [1.82, 2.24) is 0 Å². The zero-order valence-electron chi connectivity index (χ0n) is 7.04. The summed E-state index contributed by atoms with van der Waals surface area (Å²) in [5, 5.41) is 0. The molecule has 0 unspecified atom stereocenters. The number of allylic oxidation sites excluding steroid dienone is 2. The molecule has 0 aliphatic rings. The molecule has 0 aliphatic heterocycles. The molecule has 0 atom stereocenters. The molecule has 11 heavy (non-hydrogen) atoms. The maximum atomic E-state index is 10.3. The Kier molecular flexibility index (Phi) is 12.9. The molecule has 0 heterocycles. The molecule has 0 fully saturated rings. The second kappa shape index (κ2) is 11.5. The highest BCUT2D eigenvalue weighted by Gasteiger charge is 1.86. The summed E-state index contributed by atoms with van der Waals surface area (Å²) in [4.78, 5) is 10.3. The van der Waals surface area contributed by atoms with Gasteiger partial charge in [-0.25, -0.2) is 4.79 Å². The van der Waals surface area contributed by atoms with E-state index in [1.807, 2.05) is 6.92 Å². The minimum atomic E-state index is -0.387. The van der Waals surface area contributed by atoms with Crippen LogP contribution in [0.3, 0.4) is 0 Å². The number of hydrogen-bond donors (Lipinski definition) is 0. The van der Waals surface area contributed by atoms with Crippen LogP contribution in [0.1, 0.15) is 13.8 Å². The highest BCUT2D eigenvalue weighted by Crippen LogP contribution is 1.78. The average Bonchev–Trinajstić information content (AvgIpc) is 1.90. The third kappa shape index (κ3) is 17.7. The third-order valence-electron chi connectivity index (χ3n) is 0.502. The van der Waals surface area contributed by atoms with E-state index in [0.29, 0.717) is 0 Å². The number of rotatable bonds is 2. The lowest BCUT2D eigenvalue weighted by Gasteiger charge is -1.86. The number of carbonyl (C=O) groups excluding carboxylic acids is 1. The molecule has 0 rings (SSSR count). The molecule has 0 saturated carbocycles. The largest absolute Gasteiger partial charge is 0.432 e. The van der Waals surface area contributed by atoms with E-state index in [-0.39, 0.29) is 5.97 Å². The lowest BCUT2D eigenvalue weighted by molar-refractivity contribution is -0.132. The Morgan fingerprint density at radius 2 is 1.82 bits per heavy atom. The summed E-state index contributed by atoms with van der Waals surface area (Å²) < 4.78 is 4.32. The predicted molar refractivity (Wildman–Crippen MR) is 47.0 cm³/mol. The van der Waals surface area contributed by atoms with Crippen LogP contribution in [0.4, 0.5) is 0 Å². The van der Waals surface area contributed by atoms with Gasteiger partial charge < -0.3 is 4.74 Å². The van der Waals surface area contributed by atoms with Crippen LogP contribution in [0.15, 0.2) is 37.6 Å². The van der Waals surface area contributed by atoms with E-state index >= 15 is 0 Å². The Balaban J connectivity index is 0. The molecular weight excluding hydrogens is 140 g/mol. The summed E-state index contributed by atoms with van der Waals surface area (Å²) in [7, 11) is 0. The molecule has 2 heteroatoms. The molecule has 0 saturated heterocycles. The Labute approximate surface area is 67.9 Å². The van der Waals surface area contributed by atoms with Gasteiger partial charge in [0.2, 0.25) is 0 Å². The first kappa shape index (κ1) is 12.4. The quantitative estimate of drug-likeness (QED) is 0.264. The van der Waals surface area contributed by atoms with E-state index in [9.17, 15) is 4.79 Å². The Morgan fingerprint density at radius 3 is 2.09 bits per heavy atom. The normalized spacial score (nSPS) is 7.82. The van der Waals surface area contributed by atoms with E-state index in [1.165, 1.54) is 6.08 Å². The summed E-state index contributed by atoms with van der Waals surface area (Å²) in [6.45, 7) is 10.2. The zero-order chi connectivity index (χ0) is 9.11. The molecule has 0 bridgehead atoms. The summed E-state index contributed by atoms with van der Waals surface area (Å²) >= 11 is 0. The van der Waals surface area contributed by atoms with Gasteiger partial charge in [0, 0.05) is 6.08 Å². The van der Waals surface area contributed by atoms with Crippen molar-refractivity contribution in [3.8, 4) is 0 Å². The van der Waals surface area contributed by atoms with Gasteiger partial charge in [-0.1, -0.05) is 18.7 Å². The van der Waals surface area contributed by atoms with Crippen LogP contribution < -0.4 is 0 Å². The van der Waals surface area contributed by atoms with Crippen molar-refractivity contribution >= 4 is 5.97 Å². The summed E-state index contributed by atoms with van der Waals surface area (Å²) in [5.41, 5.74) is 0. The van der Waals surface area contributed by atoms with Gasteiger partial charge in [-0.05, 0) is 13.8 Å². The Bertz CT molecular complexity index is 146. The SMILES string of the molecule is C=CC.C=COC(=O)C=CC. The van der Waals surface area contributed by atoms with Gasteiger partial charge in [0.05, 0.1) is 6.26 Å². The second-order valence-electron chi connectivity index (χ2n) is 1.51. The van der Waals surface area contributed by atoms with Crippen LogP contribution in [0.5, 0.6) is 0 Å². The second-order valence-corrected chi connectivity index (χ2v) is 1.51. The number of esters is 1. The lowest BCUT2D eigenvalue weighted by Crippen LogP contribution is -1.91. The lowest BCUT2D eigenvalue weighted by atomic mass is 10.5. The first-order valence-corrected chi connectivity index (χ1v) is 3.24. The molecule has 0 aromatic heterocycles. The van der Waals surface area contributed by atoms with Gasteiger partial charge >= 0.3 is 5.97 Å². The first-order chi connectivity index (χ1) is 5.22. The molecule has 0 amide bonds. The number of hydrogen-bond acceptors (Lipinski definition) is 2. The van der Waals surface area contributed by atoms with Crippen molar-refractivity contribution in [2.75, 3.05) is 0 Å². The van der Waals surface area contributed by atoms with Crippen LogP contribution >= 0.6 is 0 Å². The highest BCUT2D eigenvalue weighted by atomic mass is 16.5. The molecule has 0 aliphatic carbocycles. The fourth-order valence-electron chi connectivity index (χ4n) is 0.257. The van der Waals surface area contributed by atoms with E-state index in [2.05, 4.69) is 17.9 Å². The van der Waals surface area contributed by atoms with E-state index < -0.39 is 0 Å². The summed E-state index contributed by atoms with van der Waals surface area (Å²) in [6.07, 6.45) is 5.77. The van der Waals surface area contributed by atoms with E-state index in [4.69, 9.17) is 0 Å². The van der Waals surface area contributed by atoms with Crippen molar-refractivity contribution in [2.45, 2.75) is 13.8 Å². The minimum Gasteiger partial charge on any atom is -0.432 e. The maximum Gasteiger partial charge on any atom is 0.335 e. The minimum absolute atomic E-state index is 0.387. The molecule has 0 N–H and O–H groups in total. The van der Waals surface area contributed by atoms with Crippen molar-refractivity contribution < 1.29 is 9.53 Å². The van der Waals surface area contributed by atoms with Crippen LogP contribution in [-0.2, 0) is 9.53 Å². The molecule has 0 aromatic rings. The average molecular weight is 154 g/mol. The fourth-order valence-corrected chi connectivity index (χ4v) is 0.257. The van der Waals surface area contributed by atoms with Crippen LogP contribution in [0.2, 0.25) is 0 Å². The van der Waals surface area contributed by atoms with Gasteiger partial charge in [0.15, 0.2) is 0 Å². The number of carbonyl (C=O) groups is 1. The first-order valence-electron chi connectivity index (χ1n) is 3.24. The molecule has 2 nitrogen and oxygen atoms in total. The van der Waals surface area contributed by atoms with Gasteiger partial charge in [0.25, 0.3) is 0 Å². The Morgan fingerprint density at radius 1 is 1.36 bits per heavy atom. The summed E-state index contributed by atoms with van der Waals surface area (Å²) in [5.74, 6) is -0.387. The van der Waals surface area contributed by atoms with Crippen LogP contribution in [-0.4, -0.2) is 5.97 Å². The third-order valence-corrected chi connectivity index (χ3v) is 0.502. The molecule has 0 radical (unpaired) electrons. The molecule has 0 spiro atoms. The van der Waals surface area contributed by atoms with E-state index in [0.717, 1.165) is 6.26 Å². The van der Waals surface area contributed by atoms with Crippen molar-refractivity contribution in [3.63, 3.8) is 0 Å². The van der Waals surface area contributed by atoms with Crippen LogP contribution in [0, 0.1) is 0 Å². The fraction of sp³-hybridized carbons (Fsp3) is 0.222. The predicted octanol–water partition coefficient (Wildman–Crippen LogP) is 2.44. The smallest absolute Gasteiger partial charge is 0.335 e. The molecule has 62 valence electrons. The molecule has 0 aromatic carbocycles. The Hall–Kier alpha value is -1.31. The van der Waals surface area contributed by atoms with Crippen molar-refractivity contribution in [1.29, 1.82) is 0 Å². The standard InChI is InChI=1S/C6H8O2.C3H6/c1-3-5-6(7)8-4-2;1-3-2/h3-5H,2H2,1H3;3H,1H2,2H3. The maximum absolute atomic E-state index is 10.3. The van der Waals surface area contributed by atoms with Crippen molar-refractivity contribution in [2.24, 2.45) is 0 Å². The number of ether oxygens (including phenoxy) is 1. The van der Waals surface area contributed by atoms with Crippen LogP contribution in [0.25, 0.3) is 0 Å². The van der Waals surface area contributed by atoms with Crippen molar-refractivity contribution in [3.05, 3.63) is 37.6 Å². The summed E-state index contributed by atoms with van der Waals surface area (Å²) in [6, 6.07) is 0. The zero-order valence-corrected chi connectivity index (χ0v) is 7.04. The van der Waals surface area contributed by atoms with Gasteiger partial charge in [-0.15, -0.1) is 6.58 Å². The molecular formula is C9H14O2.